The summed E-state index contributed by atoms with van der Waals surface area (Å²) in [5, 5.41) is 0. The Morgan fingerprint density at radius 1 is 0.600 bits per heavy atom. The van der Waals surface area contributed by atoms with Gasteiger partial charge < -0.3 is 0 Å². The van der Waals surface area contributed by atoms with Gasteiger partial charge >= 0.3 is 0 Å². The molecule has 2 atom stereocenters. The molecule has 2 unspecified atom stereocenters. The molecule has 148 valence electrons. The minimum Gasteiger partial charge on any atom is -0.114 e. The van der Waals surface area contributed by atoms with E-state index >= 15 is 0 Å². The lowest BCUT2D eigenvalue weighted by molar-refractivity contribution is 0.925. The van der Waals surface area contributed by atoms with E-state index in [1.807, 2.05) is 0 Å². The normalized spacial score (nSPS) is 25.0. The average Bonchev–Trinajstić information content (AvgIpc) is 3.10. The summed E-state index contributed by atoms with van der Waals surface area (Å²) < 4.78 is -1.23. The molecule has 0 saturated carbocycles. The third-order valence-electron chi connectivity index (χ3n) is 6.65. The fraction of sp³-hybridized carbons (Fsp3) is 0.185. The molecule has 0 bridgehead atoms. The van der Waals surface area contributed by atoms with Crippen LogP contribution in [0, 0.1) is 0 Å². The van der Waals surface area contributed by atoms with Crippen LogP contribution in [0.5, 0.6) is 0 Å². The summed E-state index contributed by atoms with van der Waals surface area (Å²) in [5.74, 6) is 0. The van der Waals surface area contributed by atoms with Crippen molar-refractivity contribution in [1.82, 2.24) is 0 Å². The molecule has 0 saturated heterocycles. The Morgan fingerprint density at radius 3 is 1.77 bits per heavy atom. The number of halogens is 2. The van der Waals surface area contributed by atoms with Crippen LogP contribution >= 0.6 is 23.2 Å². The number of hydrogen-bond acceptors (Lipinski definition) is 0. The van der Waals surface area contributed by atoms with Crippen molar-refractivity contribution in [3.8, 4) is 0 Å². The summed E-state index contributed by atoms with van der Waals surface area (Å²) in [6, 6.07) is 27.6. The Bertz CT molecular complexity index is 1220. The number of benzene rings is 3. The van der Waals surface area contributed by atoms with E-state index in [0.717, 1.165) is 5.56 Å². The second kappa shape index (κ2) is 6.98. The number of hydrogen-bond donors (Lipinski definition) is 0. The standard InChI is InChI=1S/C27H22Cl2Si/c1-17-18(2)26(28,23-15-9-7-13-21(17)23)30-27(29)19(3)25(20-11-5-4-6-12-20)22-14-8-10-16-24(22)27/h4-16H,1-3H3. The Morgan fingerprint density at radius 2 is 1.10 bits per heavy atom. The summed E-state index contributed by atoms with van der Waals surface area (Å²) in [4.78, 5) is 0. The SMILES string of the molecule is CC1=C(C)C(Cl)([Si]C2(Cl)C(C)=C(c3ccccc3)c3ccccc32)c2ccccc21. The van der Waals surface area contributed by atoms with Crippen molar-refractivity contribution in [2.45, 2.75) is 29.8 Å². The summed E-state index contributed by atoms with van der Waals surface area (Å²) in [6.07, 6.45) is 0. The minimum absolute atomic E-state index is 0.272. The number of allylic oxidation sites excluding steroid dienone is 3. The average molecular weight is 445 g/mol. The lowest BCUT2D eigenvalue weighted by Crippen LogP contribution is -2.40. The first-order valence-electron chi connectivity index (χ1n) is 10.2. The summed E-state index contributed by atoms with van der Waals surface area (Å²) in [5.41, 5.74) is 10.9. The van der Waals surface area contributed by atoms with Crippen LogP contribution in [-0.2, 0) is 8.99 Å². The first kappa shape index (κ1) is 19.9. The van der Waals surface area contributed by atoms with Gasteiger partial charge in [-0.05, 0) is 70.9 Å². The zero-order valence-electron chi connectivity index (χ0n) is 17.3. The van der Waals surface area contributed by atoms with Crippen molar-refractivity contribution in [2.75, 3.05) is 0 Å². The zero-order chi connectivity index (χ0) is 21.1. The Hall–Kier alpha value is -2.06. The number of rotatable bonds is 3. The third-order valence-corrected chi connectivity index (χ3v) is 10.2. The molecule has 0 amide bonds. The molecule has 30 heavy (non-hydrogen) atoms. The monoisotopic (exact) mass is 444 g/mol. The summed E-state index contributed by atoms with van der Waals surface area (Å²) in [6.45, 7) is 6.51. The molecule has 0 aliphatic heterocycles. The second-order valence-electron chi connectivity index (χ2n) is 8.15. The lowest BCUT2D eigenvalue weighted by atomic mass is 9.98. The highest BCUT2D eigenvalue weighted by Gasteiger charge is 2.51. The van der Waals surface area contributed by atoms with E-state index in [-0.39, 0.29) is 9.52 Å². The first-order chi connectivity index (χ1) is 14.4. The Balaban J connectivity index is 1.71. The molecule has 3 aromatic rings. The van der Waals surface area contributed by atoms with Gasteiger partial charge in [0.05, 0.1) is 8.99 Å². The van der Waals surface area contributed by atoms with Crippen molar-refractivity contribution in [2.24, 2.45) is 0 Å². The lowest BCUT2D eigenvalue weighted by Gasteiger charge is -2.34. The zero-order valence-corrected chi connectivity index (χ0v) is 19.8. The fourth-order valence-corrected chi connectivity index (χ4v) is 8.32. The van der Waals surface area contributed by atoms with E-state index < -0.39 is 8.99 Å². The largest absolute Gasteiger partial charge is 0.118 e. The van der Waals surface area contributed by atoms with E-state index in [1.54, 1.807) is 0 Å². The molecule has 0 fully saturated rings. The van der Waals surface area contributed by atoms with Crippen LogP contribution in [0.1, 0.15) is 48.6 Å². The van der Waals surface area contributed by atoms with Crippen LogP contribution in [-0.4, -0.2) is 9.52 Å². The topological polar surface area (TPSA) is 0 Å². The molecular weight excluding hydrogens is 423 g/mol. The molecule has 3 heteroatoms. The van der Waals surface area contributed by atoms with Crippen LogP contribution in [0.2, 0.25) is 0 Å². The first-order valence-corrected chi connectivity index (χ1v) is 11.9. The van der Waals surface area contributed by atoms with E-state index in [0.29, 0.717) is 0 Å². The van der Waals surface area contributed by atoms with Gasteiger partial charge in [-0.3, -0.25) is 0 Å². The highest BCUT2D eigenvalue weighted by molar-refractivity contribution is 6.70. The maximum atomic E-state index is 7.59. The minimum atomic E-state index is -0.636. The molecule has 0 N–H and O–H groups in total. The van der Waals surface area contributed by atoms with Gasteiger partial charge in [0.25, 0.3) is 0 Å². The van der Waals surface area contributed by atoms with Gasteiger partial charge in [-0.25, -0.2) is 0 Å². The molecule has 3 aromatic carbocycles. The van der Waals surface area contributed by atoms with Crippen molar-refractivity contribution in [3.63, 3.8) is 0 Å². The summed E-state index contributed by atoms with van der Waals surface area (Å²) in [7, 11) is 0.272. The van der Waals surface area contributed by atoms with E-state index in [4.69, 9.17) is 23.2 Å². The molecule has 0 spiro atoms. The van der Waals surface area contributed by atoms with Crippen molar-refractivity contribution in [1.29, 1.82) is 0 Å². The summed E-state index contributed by atoms with van der Waals surface area (Å²) >= 11 is 15.1. The van der Waals surface area contributed by atoms with Gasteiger partial charge in [0, 0.05) is 0 Å². The van der Waals surface area contributed by atoms with Crippen molar-refractivity contribution < 1.29 is 0 Å². The molecular formula is C27H22Cl2Si. The van der Waals surface area contributed by atoms with E-state index in [9.17, 15) is 0 Å². The van der Waals surface area contributed by atoms with Gasteiger partial charge in [-0.2, -0.15) is 0 Å². The predicted molar refractivity (Wildman–Crippen MR) is 130 cm³/mol. The number of fused-ring (bicyclic) bond motifs is 2. The Kier molecular flexibility index (Phi) is 4.63. The molecule has 0 aromatic heterocycles. The van der Waals surface area contributed by atoms with Crippen LogP contribution in [0.25, 0.3) is 11.1 Å². The van der Waals surface area contributed by atoms with Crippen LogP contribution in [0.15, 0.2) is 90.0 Å². The molecule has 2 aliphatic carbocycles. The smallest absolute Gasteiger partial charge is 0.114 e. The molecule has 5 rings (SSSR count). The highest BCUT2D eigenvalue weighted by Crippen LogP contribution is 2.57. The van der Waals surface area contributed by atoms with Crippen LogP contribution in [0.4, 0.5) is 0 Å². The quantitative estimate of drug-likeness (QED) is 0.289. The predicted octanol–water partition coefficient (Wildman–Crippen LogP) is 7.52. The van der Waals surface area contributed by atoms with Crippen LogP contribution < -0.4 is 0 Å². The third kappa shape index (κ3) is 2.66. The molecule has 0 heterocycles. The van der Waals surface area contributed by atoms with E-state index in [1.165, 1.54) is 44.5 Å². The van der Waals surface area contributed by atoms with Gasteiger partial charge in [-0.1, -0.05) is 78.9 Å². The van der Waals surface area contributed by atoms with Crippen molar-refractivity contribution in [3.05, 3.63) is 118 Å². The van der Waals surface area contributed by atoms with Gasteiger partial charge in [0.15, 0.2) is 0 Å². The van der Waals surface area contributed by atoms with Gasteiger partial charge in [0.2, 0.25) is 0 Å². The Labute approximate surface area is 191 Å². The molecule has 2 aliphatic rings. The number of alkyl halides is 2. The van der Waals surface area contributed by atoms with Crippen molar-refractivity contribution >= 4 is 43.9 Å². The second-order valence-corrected chi connectivity index (χ2v) is 11.7. The van der Waals surface area contributed by atoms with Crippen LogP contribution in [0.3, 0.4) is 0 Å². The highest BCUT2D eigenvalue weighted by atomic mass is 35.5. The van der Waals surface area contributed by atoms with Gasteiger partial charge in [-0.15, -0.1) is 23.2 Å². The maximum absolute atomic E-state index is 7.59. The fourth-order valence-electron chi connectivity index (χ4n) is 4.89. The molecule has 2 radical (unpaired) electrons. The van der Waals surface area contributed by atoms with Gasteiger partial charge in [0.1, 0.15) is 9.52 Å². The maximum Gasteiger partial charge on any atom is 0.118 e. The van der Waals surface area contributed by atoms with E-state index in [2.05, 4.69) is 99.6 Å². The molecule has 0 nitrogen and oxygen atoms in total.